The maximum Gasteiger partial charge on any atom is 0.407 e. The number of thiazole rings is 1. The summed E-state index contributed by atoms with van der Waals surface area (Å²) >= 11 is 1.32. The number of amides is 3. The number of aromatic nitrogens is 1. The van der Waals surface area contributed by atoms with Crippen molar-refractivity contribution in [2.75, 3.05) is 11.9 Å². The van der Waals surface area contributed by atoms with E-state index in [1.165, 1.54) is 11.3 Å². The number of carbonyl (C=O) groups is 2. The average molecular weight is 330 g/mol. The number of urea groups is 1. The number of hydrogen-bond donors (Lipinski definition) is 3. The summed E-state index contributed by atoms with van der Waals surface area (Å²) in [5.74, 6) is 0. The Balaban J connectivity index is 2.20. The van der Waals surface area contributed by atoms with E-state index in [9.17, 15) is 9.59 Å². The van der Waals surface area contributed by atoms with Gasteiger partial charge in [0.25, 0.3) is 0 Å². The second-order valence-corrected chi connectivity index (χ2v) is 6.57. The summed E-state index contributed by atoms with van der Waals surface area (Å²) in [6, 6.07) is -0.851. The summed E-state index contributed by atoms with van der Waals surface area (Å²) in [7, 11) is 0. The zero-order chi connectivity index (χ0) is 16.8. The molecule has 0 aliphatic rings. The van der Waals surface area contributed by atoms with E-state index in [1.807, 2.05) is 12.3 Å². The van der Waals surface area contributed by atoms with Gasteiger partial charge in [-0.25, -0.2) is 20.1 Å². The minimum atomic E-state index is -0.561. The Bertz CT molecular complexity index is 512. The molecule has 0 bridgehead atoms. The molecule has 0 radical (unpaired) electrons. The minimum absolute atomic E-state index is 0.101. The van der Waals surface area contributed by atoms with Crippen LogP contribution in [0, 0.1) is 6.92 Å². The van der Waals surface area contributed by atoms with Crippen molar-refractivity contribution in [3.05, 3.63) is 11.1 Å². The first-order valence-corrected chi connectivity index (χ1v) is 7.64. The lowest BCUT2D eigenvalue weighted by Gasteiger charge is -2.21. The van der Waals surface area contributed by atoms with E-state index in [1.54, 1.807) is 27.7 Å². The zero-order valence-corrected chi connectivity index (χ0v) is 14.2. The molecule has 1 rings (SSSR count). The van der Waals surface area contributed by atoms with Crippen LogP contribution in [-0.2, 0) is 9.57 Å². The number of alkyl carbamates (subject to hydrolysis) is 1. The van der Waals surface area contributed by atoms with Crippen LogP contribution in [0.3, 0.4) is 0 Å². The Labute approximate surface area is 133 Å². The molecular weight excluding hydrogens is 308 g/mol. The fourth-order valence-electron chi connectivity index (χ4n) is 1.32. The molecule has 0 spiro atoms. The zero-order valence-electron chi connectivity index (χ0n) is 13.4. The molecule has 124 valence electrons. The van der Waals surface area contributed by atoms with Crippen molar-refractivity contribution in [2.45, 2.75) is 46.3 Å². The summed E-state index contributed by atoms with van der Waals surface area (Å²) in [6.07, 6.45) is -0.536. The van der Waals surface area contributed by atoms with Gasteiger partial charge in [0.1, 0.15) is 5.60 Å². The Kier molecular flexibility index (Phi) is 6.57. The number of ether oxygens (including phenoxy) is 1. The summed E-state index contributed by atoms with van der Waals surface area (Å²) in [5, 5.41) is 7.43. The largest absolute Gasteiger partial charge is 0.444 e. The predicted octanol–water partition coefficient (Wildman–Crippen LogP) is 2.42. The van der Waals surface area contributed by atoms with Crippen LogP contribution in [0.2, 0.25) is 0 Å². The smallest absolute Gasteiger partial charge is 0.407 e. The standard InChI is InChI=1S/C13H22N4O4S/c1-8(15-12(19)21-13(3,4)5)6-20-17-10(18)16-11-14-9(2)7-22-11/h7-8H,6H2,1-5H3,(H,15,19)(H2,14,16,17,18)/t8-/m0/s1. The topological polar surface area (TPSA) is 102 Å². The first-order chi connectivity index (χ1) is 10.2. The van der Waals surface area contributed by atoms with Gasteiger partial charge in [-0.15, -0.1) is 11.3 Å². The quantitative estimate of drug-likeness (QED) is 0.720. The molecule has 1 aromatic heterocycles. The van der Waals surface area contributed by atoms with E-state index in [2.05, 4.69) is 21.1 Å². The normalized spacial score (nSPS) is 12.4. The van der Waals surface area contributed by atoms with Crippen molar-refractivity contribution in [1.29, 1.82) is 0 Å². The molecule has 0 saturated heterocycles. The van der Waals surface area contributed by atoms with Crippen LogP contribution in [0.5, 0.6) is 0 Å². The number of anilines is 1. The number of hydrogen-bond acceptors (Lipinski definition) is 6. The van der Waals surface area contributed by atoms with Crippen molar-refractivity contribution in [2.24, 2.45) is 0 Å². The van der Waals surface area contributed by atoms with Gasteiger partial charge in [0.15, 0.2) is 5.13 Å². The van der Waals surface area contributed by atoms with Crippen LogP contribution in [0.4, 0.5) is 14.7 Å². The molecule has 3 amide bonds. The van der Waals surface area contributed by atoms with Gasteiger partial charge >= 0.3 is 12.1 Å². The molecule has 0 saturated carbocycles. The molecule has 1 atom stereocenters. The molecule has 0 aliphatic heterocycles. The van der Waals surface area contributed by atoms with Crippen LogP contribution in [0.1, 0.15) is 33.4 Å². The van der Waals surface area contributed by atoms with Gasteiger partial charge in [0.2, 0.25) is 0 Å². The van der Waals surface area contributed by atoms with Crippen LogP contribution < -0.4 is 16.1 Å². The lowest BCUT2D eigenvalue weighted by atomic mass is 10.2. The molecular formula is C13H22N4O4S. The molecule has 1 heterocycles. The minimum Gasteiger partial charge on any atom is -0.444 e. The van der Waals surface area contributed by atoms with Crippen LogP contribution >= 0.6 is 11.3 Å². The fraction of sp³-hybridized carbons (Fsp3) is 0.615. The summed E-state index contributed by atoms with van der Waals surface area (Å²) in [4.78, 5) is 32.1. The number of carbonyl (C=O) groups excluding carboxylic acids is 2. The summed E-state index contributed by atoms with van der Waals surface area (Å²) in [5.41, 5.74) is 2.49. The fourth-order valence-corrected chi connectivity index (χ4v) is 2.00. The number of nitrogens with one attached hydrogen (secondary N) is 3. The highest BCUT2D eigenvalue weighted by Gasteiger charge is 2.17. The number of hydroxylamine groups is 1. The SMILES string of the molecule is Cc1csc(NC(=O)NOC[C@H](C)NC(=O)OC(C)(C)C)n1. The van der Waals surface area contributed by atoms with Gasteiger partial charge in [-0.3, -0.25) is 10.2 Å². The monoisotopic (exact) mass is 330 g/mol. The first-order valence-electron chi connectivity index (χ1n) is 6.76. The van der Waals surface area contributed by atoms with Gasteiger partial charge in [-0.1, -0.05) is 0 Å². The second kappa shape index (κ2) is 7.95. The van der Waals surface area contributed by atoms with Gasteiger partial charge in [0, 0.05) is 5.38 Å². The van der Waals surface area contributed by atoms with E-state index < -0.39 is 17.7 Å². The molecule has 0 unspecified atom stereocenters. The van der Waals surface area contributed by atoms with E-state index in [0.717, 1.165) is 5.69 Å². The lowest BCUT2D eigenvalue weighted by Crippen LogP contribution is -2.41. The highest BCUT2D eigenvalue weighted by atomic mass is 32.1. The number of aryl methyl sites for hydroxylation is 1. The van der Waals surface area contributed by atoms with Crippen LogP contribution in [0.25, 0.3) is 0 Å². The van der Waals surface area contributed by atoms with Crippen molar-refractivity contribution in [3.63, 3.8) is 0 Å². The van der Waals surface area contributed by atoms with E-state index >= 15 is 0 Å². The summed E-state index contributed by atoms with van der Waals surface area (Å²) in [6.45, 7) is 9.00. The third-order valence-electron chi connectivity index (χ3n) is 2.10. The second-order valence-electron chi connectivity index (χ2n) is 5.71. The molecule has 0 aromatic carbocycles. The maximum atomic E-state index is 11.5. The predicted molar refractivity (Wildman–Crippen MR) is 83.8 cm³/mol. The summed E-state index contributed by atoms with van der Waals surface area (Å²) < 4.78 is 5.10. The van der Waals surface area contributed by atoms with Gasteiger partial charge < -0.3 is 10.1 Å². The molecule has 1 aromatic rings. The average Bonchev–Trinajstić information content (AvgIpc) is 2.71. The molecule has 8 nitrogen and oxygen atoms in total. The molecule has 0 aliphatic carbocycles. The number of rotatable bonds is 5. The third kappa shape index (κ3) is 7.79. The van der Waals surface area contributed by atoms with Gasteiger partial charge in [0.05, 0.1) is 18.3 Å². The maximum absolute atomic E-state index is 11.5. The third-order valence-corrected chi connectivity index (χ3v) is 2.98. The van der Waals surface area contributed by atoms with Crippen molar-refractivity contribution < 1.29 is 19.2 Å². The molecule has 9 heteroatoms. The Morgan fingerprint density at radius 1 is 1.41 bits per heavy atom. The Morgan fingerprint density at radius 2 is 2.09 bits per heavy atom. The van der Waals surface area contributed by atoms with Crippen LogP contribution in [-0.4, -0.2) is 35.4 Å². The Hall–Kier alpha value is -1.87. The van der Waals surface area contributed by atoms with Crippen molar-refractivity contribution in [3.8, 4) is 0 Å². The highest BCUT2D eigenvalue weighted by molar-refractivity contribution is 7.13. The molecule has 0 fully saturated rings. The van der Waals surface area contributed by atoms with Gasteiger partial charge in [-0.05, 0) is 34.6 Å². The number of nitrogens with zero attached hydrogens (tertiary/aromatic N) is 1. The first kappa shape index (κ1) is 18.2. The van der Waals surface area contributed by atoms with E-state index in [0.29, 0.717) is 5.13 Å². The lowest BCUT2D eigenvalue weighted by molar-refractivity contribution is 0.0343. The highest BCUT2D eigenvalue weighted by Crippen LogP contribution is 2.13. The molecule has 22 heavy (non-hydrogen) atoms. The van der Waals surface area contributed by atoms with Gasteiger partial charge in [-0.2, -0.15) is 0 Å². The Morgan fingerprint density at radius 3 is 2.64 bits per heavy atom. The van der Waals surface area contributed by atoms with Crippen LogP contribution in [0.15, 0.2) is 5.38 Å². The van der Waals surface area contributed by atoms with E-state index in [4.69, 9.17) is 9.57 Å². The van der Waals surface area contributed by atoms with Crippen molar-refractivity contribution >= 4 is 28.6 Å². The molecule has 3 N–H and O–H groups in total. The van der Waals surface area contributed by atoms with E-state index in [-0.39, 0.29) is 12.6 Å². The van der Waals surface area contributed by atoms with Crippen molar-refractivity contribution in [1.82, 2.24) is 15.8 Å².